The largest absolute Gasteiger partial charge is 0.265 e. The van der Waals surface area contributed by atoms with Crippen molar-refractivity contribution in [3.8, 4) is 0 Å². The van der Waals surface area contributed by atoms with E-state index in [1.165, 1.54) is 11.7 Å². The maximum Gasteiger partial charge on any atom is 0.112 e. The molecule has 0 aliphatic rings. The number of pyridine rings is 2. The molecule has 0 N–H and O–H groups in total. The van der Waals surface area contributed by atoms with Crippen LogP contribution in [0.15, 0.2) is 61.2 Å². The van der Waals surface area contributed by atoms with E-state index in [2.05, 4.69) is 55.2 Å². The van der Waals surface area contributed by atoms with Crippen LogP contribution in [0.4, 0.5) is 0 Å². The summed E-state index contributed by atoms with van der Waals surface area (Å²) < 4.78 is 8.94. The Morgan fingerprint density at radius 1 is 0.560 bits per heavy atom. The molecule has 120 valence electrons. The highest BCUT2D eigenvalue weighted by Crippen LogP contribution is 2.24. The first-order chi connectivity index (χ1) is 12.4. The molecule has 1 aromatic carbocycles. The summed E-state index contributed by atoms with van der Waals surface area (Å²) in [6, 6.07) is 12.0. The van der Waals surface area contributed by atoms with Crippen molar-refractivity contribution in [3.63, 3.8) is 0 Å². The first-order valence-electron chi connectivity index (χ1n) is 7.82. The smallest absolute Gasteiger partial charge is 0.112 e. The van der Waals surface area contributed by atoms with Gasteiger partial charge in [0.25, 0.3) is 0 Å². The van der Waals surface area contributed by atoms with Crippen LogP contribution in [-0.2, 0) is 0 Å². The third kappa shape index (κ3) is 3.51. The molecule has 3 heterocycles. The van der Waals surface area contributed by atoms with Crippen LogP contribution >= 0.6 is 11.7 Å². The summed E-state index contributed by atoms with van der Waals surface area (Å²) in [6.07, 6.45) is 15.4. The van der Waals surface area contributed by atoms with Gasteiger partial charge in [-0.3, -0.25) is 9.97 Å². The quantitative estimate of drug-likeness (QED) is 0.533. The van der Waals surface area contributed by atoms with Crippen molar-refractivity contribution in [2.75, 3.05) is 0 Å². The molecular weight excluding hydrogens is 328 g/mol. The highest BCUT2D eigenvalue weighted by atomic mass is 32.1. The van der Waals surface area contributed by atoms with Crippen molar-refractivity contribution in [2.45, 2.75) is 0 Å². The Balaban J connectivity index is 1.67. The van der Waals surface area contributed by atoms with Crippen molar-refractivity contribution < 1.29 is 0 Å². The highest BCUT2D eigenvalue weighted by molar-refractivity contribution is 7.00. The van der Waals surface area contributed by atoms with Gasteiger partial charge in [-0.25, -0.2) is 0 Å². The summed E-state index contributed by atoms with van der Waals surface area (Å²) in [4.78, 5) is 8.07. The molecule has 0 radical (unpaired) electrons. The summed E-state index contributed by atoms with van der Waals surface area (Å²) in [5, 5.41) is 0. The molecule has 4 rings (SSSR count). The van der Waals surface area contributed by atoms with E-state index in [-0.39, 0.29) is 0 Å². The Bertz CT molecular complexity index is 954. The van der Waals surface area contributed by atoms with Gasteiger partial charge in [0.1, 0.15) is 11.0 Å². The Hall–Kier alpha value is -3.18. The molecule has 4 nitrogen and oxygen atoms in total. The number of benzene rings is 1. The summed E-state index contributed by atoms with van der Waals surface area (Å²) in [6.45, 7) is 0. The van der Waals surface area contributed by atoms with E-state index in [0.717, 1.165) is 33.3 Å². The predicted molar refractivity (Wildman–Crippen MR) is 104 cm³/mol. The molecule has 4 aromatic rings. The van der Waals surface area contributed by atoms with Gasteiger partial charge in [-0.2, -0.15) is 8.75 Å². The van der Waals surface area contributed by atoms with Crippen molar-refractivity contribution in [1.29, 1.82) is 0 Å². The van der Waals surface area contributed by atoms with Crippen LogP contribution in [0.5, 0.6) is 0 Å². The van der Waals surface area contributed by atoms with Crippen LogP contribution in [0.25, 0.3) is 35.3 Å². The molecule has 3 aromatic heterocycles. The maximum absolute atomic E-state index is 4.47. The van der Waals surface area contributed by atoms with Crippen molar-refractivity contribution >= 4 is 47.1 Å². The van der Waals surface area contributed by atoms with Crippen molar-refractivity contribution in [1.82, 2.24) is 18.7 Å². The molecule has 0 atom stereocenters. The van der Waals surface area contributed by atoms with Crippen molar-refractivity contribution in [3.05, 3.63) is 83.4 Å². The minimum Gasteiger partial charge on any atom is -0.265 e. The zero-order valence-electron chi connectivity index (χ0n) is 13.3. The number of nitrogens with zero attached hydrogens (tertiary/aromatic N) is 4. The number of fused-ring (bicyclic) bond motifs is 1. The molecule has 0 fully saturated rings. The minimum absolute atomic E-state index is 0.923. The van der Waals surface area contributed by atoms with Crippen LogP contribution in [0.2, 0.25) is 0 Å². The second kappa shape index (κ2) is 7.15. The third-order valence-corrected chi connectivity index (χ3v) is 4.33. The first-order valence-corrected chi connectivity index (χ1v) is 8.55. The van der Waals surface area contributed by atoms with E-state index in [1.807, 2.05) is 24.3 Å². The molecular formula is C20H14N4S. The normalized spacial score (nSPS) is 11.7. The number of aromatic nitrogens is 4. The van der Waals surface area contributed by atoms with Crippen LogP contribution < -0.4 is 0 Å². The SMILES string of the molecule is C(=C\c1ccc(/C=C/c2ccncc2)c2nsnc12)/c1ccncc1. The van der Waals surface area contributed by atoms with Crippen LogP contribution in [0.3, 0.4) is 0 Å². The molecule has 0 saturated carbocycles. The van der Waals surface area contributed by atoms with Gasteiger partial charge in [-0.05, 0) is 35.4 Å². The molecule has 5 heteroatoms. The van der Waals surface area contributed by atoms with Crippen molar-refractivity contribution in [2.24, 2.45) is 0 Å². The van der Waals surface area contributed by atoms with E-state index >= 15 is 0 Å². The van der Waals surface area contributed by atoms with Gasteiger partial charge in [-0.1, -0.05) is 36.4 Å². The van der Waals surface area contributed by atoms with E-state index in [0.29, 0.717) is 0 Å². The lowest BCUT2D eigenvalue weighted by Gasteiger charge is -2.00. The number of hydrogen-bond acceptors (Lipinski definition) is 5. The van der Waals surface area contributed by atoms with E-state index in [1.54, 1.807) is 24.8 Å². The molecule has 25 heavy (non-hydrogen) atoms. The average Bonchev–Trinajstić information content (AvgIpc) is 3.17. The predicted octanol–water partition coefficient (Wildman–Crippen LogP) is 4.82. The summed E-state index contributed by atoms with van der Waals surface area (Å²) in [7, 11) is 0. The second-order valence-corrected chi connectivity index (χ2v) is 5.96. The molecule has 0 saturated heterocycles. The summed E-state index contributed by atoms with van der Waals surface area (Å²) in [5.74, 6) is 0. The van der Waals surface area contributed by atoms with Gasteiger partial charge >= 0.3 is 0 Å². The first kappa shape index (κ1) is 15.4. The highest BCUT2D eigenvalue weighted by Gasteiger charge is 2.07. The molecule has 0 bridgehead atoms. The van der Waals surface area contributed by atoms with Crippen LogP contribution in [0, 0.1) is 0 Å². The average molecular weight is 342 g/mol. The second-order valence-electron chi connectivity index (χ2n) is 5.43. The van der Waals surface area contributed by atoms with Gasteiger partial charge in [0.05, 0.1) is 11.7 Å². The Labute approximate surface area is 149 Å². The third-order valence-electron chi connectivity index (χ3n) is 3.80. The van der Waals surface area contributed by atoms with Gasteiger partial charge in [-0.15, -0.1) is 0 Å². The fraction of sp³-hybridized carbons (Fsp3) is 0. The maximum atomic E-state index is 4.47. The topological polar surface area (TPSA) is 51.6 Å². The number of hydrogen-bond donors (Lipinski definition) is 0. The molecule has 0 spiro atoms. The standard InChI is InChI=1S/C20H14N4S/c1(15-7-11-21-12-8-15)3-17-5-6-18(20-19(17)23-25-24-20)4-2-16-9-13-22-14-10-16/h1-14H/b3-1+,4-2+. The van der Waals surface area contributed by atoms with Gasteiger partial charge in [0.15, 0.2) is 0 Å². The van der Waals surface area contributed by atoms with Crippen LogP contribution in [-0.4, -0.2) is 18.7 Å². The number of rotatable bonds is 4. The van der Waals surface area contributed by atoms with Crippen LogP contribution in [0.1, 0.15) is 22.3 Å². The molecule has 0 unspecified atom stereocenters. The van der Waals surface area contributed by atoms with Gasteiger partial charge in [0, 0.05) is 35.9 Å². The van der Waals surface area contributed by atoms with E-state index in [9.17, 15) is 0 Å². The van der Waals surface area contributed by atoms with Gasteiger partial charge < -0.3 is 0 Å². The fourth-order valence-corrected chi connectivity index (χ4v) is 3.08. The lowest BCUT2D eigenvalue weighted by atomic mass is 10.1. The lowest BCUT2D eigenvalue weighted by Crippen LogP contribution is -1.82. The summed E-state index contributed by atoms with van der Waals surface area (Å²) in [5.41, 5.74) is 6.17. The Morgan fingerprint density at radius 2 is 1.00 bits per heavy atom. The summed E-state index contributed by atoms with van der Waals surface area (Å²) >= 11 is 1.24. The Morgan fingerprint density at radius 3 is 1.44 bits per heavy atom. The molecule has 0 aliphatic heterocycles. The van der Waals surface area contributed by atoms with E-state index in [4.69, 9.17) is 0 Å². The minimum atomic E-state index is 0.923. The lowest BCUT2D eigenvalue weighted by molar-refractivity contribution is 1.32. The molecule has 0 amide bonds. The zero-order chi connectivity index (χ0) is 16.9. The van der Waals surface area contributed by atoms with E-state index < -0.39 is 0 Å². The molecule has 0 aliphatic carbocycles. The monoisotopic (exact) mass is 342 g/mol. The Kier molecular flexibility index (Phi) is 4.39. The fourth-order valence-electron chi connectivity index (χ4n) is 2.49. The van der Waals surface area contributed by atoms with Gasteiger partial charge in [0.2, 0.25) is 0 Å². The zero-order valence-corrected chi connectivity index (χ0v) is 14.1.